The first-order valence-electron chi connectivity index (χ1n) is 7.39. The molecule has 0 atom stereocenters. The fraction of sp³-hybridized carbons (Fsp3) is 0.750. The van der Waals surface area contributed by atoms with E-state index in [9.17, 15) is 14.7 Å². The maximum Gasteiger partial charge on any atom is 0.221 e. The first-order chi connectivity index (χ1) is 10.1. The molecule has 3 N–H and O–H groups in total. The highest BCUT2D eigenvalue weighted by molar-refractivity contribution is 5.79. The van der Waals surface area contributed by atoms with Crippen molar-refractivity contribution in [2.45, 2.75) is 52.7 Å². The van der Waals surface area contributed by atoms with Crippen LogP contribution in [0.3, 0.4) is 0 Å². The van der Waals surface area contributed by atoms with Gasteiger partial charge in [-0.3, -0.25) is 9.59 Å². The lowest BCUT2D eigenvalue weighted by Gasteiger charge is -2.28. The first kappa shape index (κ1) is 20.4. The van der Waals surface area contributed by atoms with Gasteiger partial charge >= 0.3 is 0 Å². The van der Waals surface area contributed by atoms with Crippen LogP contribution in [0.25, 0.3) is 0 Å². The van der Waals surface area contributed by atoms with E-state index in [1.54, 1.807) is 13.8 Å². The third kappa shape index (κ3) is 12.2. The minimum Gasteiger partial charge on any atom is -0.366 e. The Morgan fingerprint density at radius 1 is 1.14 bits per heavy atom. The van der Waals surface area contributed by atoms with Crippen molar-refractivity contribution in [1.82, 2.24) is 10.6 Å². The Morgan fingerprint density at radius 3 is 2.27 bits per heavy atom. The van der Waals surface area contributed by atoms with E-state index in [1.807, 2.05) is 13.8 Å². The van der Waals surface area contributed by atoms with Gasteiger partial charge in [-0.1, -0.05) is 13.8 Å². The summed E-state index contributed by atoms with van der Waals surface area (Å²) in [7, 11) is 0. The Hall–Kier alpha value is -1.58. The van der Waals surface area contributed by atoms with Crippen molar-refractivity contribution < 1.29 is 19.4 Å². The summed E-state index contributed by atoms with van der Waals surface area (Å²) in [5.74, 6) is 0.923. The van der Waals surface area contributed by atoms with E-state index in [0.29, 0.717) is 13.0 Å². The van der Waals surface area contributed by atoms with Gasteiger partial charge in [-0.2, -0.15) is 0 Å². The molecule has 0 heterocycles. The highest BCUT2D eigenvalue weighted by Gasteiger charge is 2.25. The summed E-state index contributed by atoms with van der Waals surface area (Å²) in [5.41, 5.74) is -0.404. The number of terminal acetylenes is 1. The molecule has 0 fully saturated rings. The van der Waals surface area contributed by atoms with E-state index in [-0.39, 0.29) is 37.8 Å². The van der Waals surface area contributed by atoms with Crippen LogP contribution in [0.15, 0.2) is 0 Å². The number of ether oxygens (including phenoxy) is 1. The molecule has 0 aromatic heterocycles. The van der Waals surface area contributed by atoms with Crippen LogP contribution in [0, 0.1) is 17.8 Å². The number of hydrogen-bond donors (Lipinski definition) is 3. The minimum absolute atomic E-state index is 0.139. The molecule has 0 saturated carbocycles. The van der Waals surface area contributed by atoms with Gasteiger partial charge < -0.3 is 20.5 Å². The average Bonchev–Trinajstić information content (AvgIpc) is 2.35. The van der Waals surface area contributed by atoms with Gasteiger partial charge in [0.05, 0.1) is 6.61 Å². The number of amides is 2. The lowest BCUT2D eigenvalue weighted by molar-refractivity contribution is -0.192. The molecule has 0 bridgehead atoms. The van der Waals surface area contributed by atoms with Crippen LogP contribution in [0.5, 0.6) is 0 Å². The summed E-state index contributed by atoms with van der Waals surface area (Å²) in [5, 5.41) is 14.9. The van der Waals surface area contributed by atoms with Crippen molar-refractivity contribution in [1.29, 1.82) is 0 Å². The van der Waals surface area contributed by atoms with E-state index in [0.717, 1.165) is 0 Å². The average molecular weight is 312 g/mol. The lowest BCUT2D eigenvalue weighted by Crippen LogP contribution is -2.36. The third-order valence-corrected chi connectivity index (χ3v) is 2.72. The van der Waals surface area contributed by atoms with Crippen LogP contribution in [0.1, 0.15) is 47.0 Å². The number of aliphatic hydroxyl groups is 1. The van der Waals surface area contributed by atoms with E-state index in [2.05, 4.69) is 16.6 Å². The fourth-order valence-corrected chi connectivity index (χ4v) is 1.60. The van der Waals surface area contributed by atoms with Gasteiger partial charge in [-0.25, -0.2) is 0 Å². The second kappa shape index (κ2) is 9.44. The maximum absolute atomic E-state index is 11.8. The SMILES string of the molecule is C#CCCNC(=O)CCNC(=O)CC(C)(C)COC(C)(C)O. The highest BCUT2D eigenvalue weighted by atomic mass is 16.6. The predicted molar refractivity (Wildman–Crippen MR) is 84.7 cm³/mol. The molecule has 0 unspecified atom stereocenters. The molecule has 0 aromatic carbocycles. The van der Waals surface area contributed by atoms with Crippen LogP contribution in [0.4, 0.5) is 0 Å². The summed E-state index contributed by atoms with van der Waals surface area (Å²) in [6.45, 7) is 7.84. The molecule has 0 radical (unpaired) electrons. The molecule has 6 heteroatoms. The predicted octanol–water partition coefficient (Wildman–Crippen LogP) is 0.793. The fourth-order valence-electron chi connectivity index (χ4n) is 1.60. The number of carbonyl (C=O) groups is 2. The molecular formula is C16H28N2O4. The molecular weight excluding hydrogens is 284 g/mol. The Kier molecular flexibility index (Phi) is 8.76. The molecule has 22 heavy (non-hydrogen) atoms. The number of hydrogen-bond acceptors (Lipinski definition) is 4. The molecule has 0 aliphatic rings. The Balaban J connectivity index is 3.93. The number of carbonyl (C=O) groups excluding carboxylic acids is 2. The summed E-state index contributed by atoms with van der Waals surface area (Å²) in [6, 6.07) is 0. The summed E-state index contributed by atoms with van der Waals surface area (Å²) >= 11 is 0. The third-order valence-electron chi connectivity index (χ3n) is 2.72. The zero-order chi connectivity index (χ0) is 17.2. The Bertz CT molecular complexity index is 405. The first-order valence-corrected chi connectivity index (χ1v) is 7.39. The second-order valence-corrected chi connectivity index (χ2v) is 6.48. The van der Waals surface area contributed by atoms with E-state index in [4.69, 9.17) is 11.2 Å². The maximum atomic E-state index is 11.8. The number of nitrogens with one attached hydrogen (secondary N) is 2. The van der Waals surface area contributed by atoms with Gasteiger partial charge in [-0.15, -0.1) is 12.3 Å². The zero-order valence-electron chi connectivity index (χ0n) is 14.0. The van der Waals surface area contributed by atoms with Gasteiger partial charge in [0.2, 0.25) is 11.8 Å². The van der Waals surface area contributed by atoms with Crippen molar-refractivity contribution in [3.8, 4) is 12.3 Å². The quantitative estimate of drug-likeness (QED) is 0.316. The standard InChI is InChI=1S/C16H28N2O4/c1-6-7-9-17-13(19)8-10-18-14(20)11-15(2,3)12-22-16(4,5)21/h1,21H,7-12H2,2-5H3,(H,17,19)(H,18,20). The topological polar surface area (TPSA) is 87.7 Å². The molecule has 126 valence electrons. The summed E-state index contributed by atoms with van der Waals surface area (Å²) in [6.07, 6.45) is 6.05. The zero-order valence-corrected chi connectivity index (χ0v) is 14.0. The van der Waals surface area contributed by atoms with Crippen LogP contribution >= 0.6 is 0 Å². The molecule has 2 amide bonds. The summed E-state index contributed by atoms with van der Waals surface area (Å²) in [4.78, 5) is 23.3. The van der Waals surface area contributed by atoms with Crippen LogP contribution in [0.2, 0.25) is 0 Å². The molecule has 0 aliphatic heterocycles. The minimum atomic E-state index is -1.22. The van der Waals surface area contributed by atoms with Crippen molar-refractivity contribution in [3.63, 3.8) is 0 Å². The van der Waals surface area contributed by atoms with Gasteiger partial charge in [0.1, 0.15) is 0 Å². The van der Waals surface area contributed by atoms with Crippen LogP contribution in [-0.4, -0.2) is 42.4 Å². The van der Waals surface area contributed by atoms with Crippen molar-refractivity contribution in [3.05, 3.63) is 0 Å². The van der Waals surface area contributed by atoms with Gasteiger partial charge in [0.15, 0.2) is 5.79 Å². The molecule has 0 rings (SSSR count). The Labute approximate surface area is 133 Å². The second-order valence-electron chi connectivity index (χ2n) is 6.48. The van der Waals surface area contributed by atoms with Crippen molar-refractivity contribution in [2.24, 2.45) is 5.41 Å². The lowest BCUT2D eigenvalue weighted by atomic mass is 9.90. The molecule has 0 aromatic rings. The van der Waals surface area contributed by atoms with E-state index in [1.165, 1.54) is 0 Å². The molecule has 0 spiro atoms. The van der Waals surface area contributed by atoms with Crippen molar-refractivity contribution in [2.75, 3.05) is 19.7 Å². The smallest absolute Gasteiger partial charge is 0.221 e. The molecule has 0 saturated heterocycles. The highest BCUT2D eigenvalue weighted by Crippen LogP contribution is 2.22. The van der Waals surface area contributed by atoms with E-state index >= 15 is 0 Å². The molecule has 0 aliphatic carbocycles. The van der Waals surface area contributed by atoms with Gasteiger partial charge in [-0.05, 0) is 19.3 Å². The van der Waals surface area contributed by atoms with Crippen LogP contribution < -0.4 is 10.6 Å². The summed E-state index contributed by atoms with van der Waals surface area (Å²) < 4.78 is 5.29. The van der Waals surface area contributed by atoms with Gasteiger partial charge in [0, 0.05) is 32.4 Å². The van der Waals surface area contributed by atoms with Crippen LogP contribution in [-0.2, 0) is 14.3 Å². The molecule has 6 nitrogen and oxygen atoms in total. The monoisotopic (exact) mass is 312 g/mol. The van der Waals surface area contributed by atoms with Gasteiger partial charge in [0.25, 0.3) is 0 Å². The normalized spacial score (nSPS) is 11.6. The van der Waals surface area contributed by atoms with E-state index < -0.39 is 11.2 Å². The Morgan fingerprint density at radius 2 is 1.73 bits per heavy atom. The number of rotatable bonds is 10. The van der Waals surface area contributed by atoms with Crippen molar-refractivity contribution >= 4 is 11.8 Å². The largest absolute Gasteiger partial charge is 0.366 e.